The topological polar surface area (TPSA) is 138 Å². The number of aromatic nitrogens is 4. The first-order valence-corrected chi connectivity index (χ1v) is 21.1. The summed E-state index contributed by atoms with van der Waals surface area (Å²) in [5.74, 6) is -1.70. The molecule has 322 valence electrons. The molecule has 1 N–H and O–H groups in total. The second kappa shape index (κ2) is 15.6. The van der Waals surface area contributed by atoms with E-state index in [1.54, 1.807) is 45.0 Å². The number of rotatable bonds is 11. The van der Waals surface area contributed by atoms with Gasteiger partial charge in [0.1, 0.15) is 28.8 Å². The number of hydrogen-bond donors (Lipinski definition) is 1. The zero-order valence-corrected chi connectivity index (χ0v) is 35.3. The van der Waals surface area contributed by atoms with Crippen LogP contribution >= 0.6 is 11.6 Å². The van der Waals surface area contributed by atoms with Crippen molar-refractivity contribution in [2.45, 2.75) is 69.8 Å². The summed E-state index contributed by atoms with van der Waals surface area (Å²) < 4.78 is 114. The molecule has 1 atom stereocenters. The van der Waals surface area contributed by atoms with E-state index < -0.39 is 63.0 Å². The molecular formula is C42H40ClF5N6O6S. The van der Waals surface area contributed by atoms with Crippen LogP contribution in [0.2, 0.25) is 5.02 Å². The summed E-state index contributed by atoms with van der Waals surface area (Å²) in [7, 11) is -1.09. The van der Waals surface area contributed by atoms with Gasteiger partial charge in [0.15, 0.2) is 5.82 Å². The number of alkyl carbamates (subject to hydrolysis) is 1. The van der Waals surface area contributed by atoms with Crippen LogP contribution in [-0.4, -0.2) is 59.0 Å². The van der Waals surface area contributed by atoms with Gasteiger partial charge in [0.05, 0.1) is 63.9 Å². The molecule has 0 saturated heterocycles. The highest BCUT2D eigenvalue weighted by molar-refractivity contribution is 7.92. The molecule has 0 aliphatic heterocycles. The van der Waals surface area contributed by atoms with Crippen LogP contribution in [0.4, 0.5) is 32.6 Å². The number of alkyl halides is 3. The number of sulfonamides is 1. The molecule has 1 saturated carbocycles. The lowest BCUT2D eigenvalue weighted by Gasteiger charge is -2.26. The van der Waals surface area contributed by atoms with Crippen LogP contribution in [0, 0.1) is 11.6 Å². The number of nitrogens with one attached hydrogen (secondary N) is 1. The maximum atomic E-state index is 15.0. The molecule has 2 aromatic heterocycles. The van der Waals surface area contributed by atoms with E-state index in [4.69, 9.17) is 26.1 Å². The van der Waals surface area contributed by atoms with Gasteiger partial charge in [-0.15, -0.1) is 0 Å². The van der Waals surface area contributed by atoms with Crippen molar-refractivity contribution < 1.29 is 44.6 Å². The summed E-state index contributed by atoms with van der Waals surface area (Å²) >= 11 is 6.85. The molecule has 1 amide bonds. The summed E-state index contributed by atoms with van der Waals surface area (Å²) in [6.07, 6.45) is -5.35. The van der Waals surface area contributed by atoms with Crippen molar-refractivity contribution in [3.8, 4) is 11.4 Å². The van der Waals surface area contributed by atoms with E-state index in [-0.39, 0.29) is 74.7 Å². The van der Waals surface area contributed by atoms with E-state index >= 15 is 0 Å². The first-order valence-electron chi connectivity index (χ1n) is 18.8. The minimum Gasteiger partial charge on any atom is -0.497 e. The number of aryl methyl sites for hydroxylation is 1. The fourth-order valence-electron chi connectivity index (χ4n) is 7.39. The average Bonchev–Trinajstić information content (AvgIpc) is 3.91. The summed E-state index contributed by atoms with van der Waals surface area (Å²) in [5, 5.41) is 7.27. The Kier molecular flexibility index (Phi) is 11.1. The SMILES string of the molecule is COc1ccc(CN(c2nn(C)c3c(-n4c([C@H](Cc5cc(F)cc(F)c5)NC(=O)OC(C)(C)C)nc5cc(C6(C(F)(F)F)CC6)ccc5c4=O)ccc(Cl)c23)S(C)(=O)=O)cc1. The van der Waals surface area contributed by atoms with Gasteiger partial charge in [-0.05, 0) is 98.8 Å². The Morgan fingerprint density at radius 1 is 0.984 bits per heavy atom. The number of anilines is 1. The second-order valence-electron chi connectivity index (χ2n) is 16.0. The van der Waals surface area contributed by atoms with Crippen molar-refractivity contribution in [2.75, 3.05) is 17.7 Å². The smallest absolute Gasteiger partial charge is 0.408 e. The summed E-state index contributed by atoms with van der Waals surface area (Å²) in [6.45, 7) is 4.61. The quantitative estimate of drug-likeness (QED) is 0.128. The largest absolute Gasteiger partial charge is 0.497 e. The Hall–Kier alpha value is -5.75. The molecule has 4 aromatic carbocycles. The molecule has 1 fully saturated rings. The molecule has 7 rings (SSSR count). The molecule has 0 radical (unpaired) electrons. The van der Waals surface area contributed by atoms with Crippen LogP contribution in [0.3, 0.4) is 0 Å². The number of ether oxygens (including phenoxy) is 2. The zero-order chi connectivity index (χ0) is 44.4. The van der Waals surface area contributed by atoms with E-state index in [0.29, 0.717) is 17.4 Å². The number of benzene rings is 4. The van der Waals surface area contributed by atoms with E-state index in [1.807, 2.05) is 0 Å². The number of carbonyl (C=O) groups excluding carboxylic acids is 1. The molecule has 1 aliphatic rings. The predicted molar refractivity (Wildman–Crippen MR) is 220 cm³/mol. The molecule has 61 heavy (non-hydrogen) atoms. The Labute approximate surface area is 351 Å². The lowest BCUT2D eigenvalue weighted by atomic mass is 9.94. The van der Waals surface area contributed by atoms with Crippen molar-refractivity contribution >= 4 is 55.3 Å². The van der Waals surface area contributed by atoms with Gasteiger partial charge in [-0.2, -0.15) is 18.3 Å². The molecule has 1 aliphatic carbocycles. The minimum atomic E-state index is -4.60. The normalized spacial score (nSPS) is 14.6. The lowest BCUT2D eigenvalue weighted by molar-refractivity contribution is -0.160. The van der Waals surface area contributed by atoms with Gasteiger partial charge in [0.2, 0.25) is 10.0 Å². The monoisotopic (exact) mass is 886 g/mol. The molecule has 0 unspecified atom stereocenters. The fraction of sp³-hybridized carbons (Fsp3) is 0.333. The highest BCUT2D eigenvalue weighted by Gasteiger charge is 2.64. The number of amides is 1. The van der Waals surface area contributed by atoms with Gasteiger partial charge in [-0.3, -0.25) is 14.0 Å². The Balaban J connectivity index is 1.51. The van der Waals surface area contributed by atoms with E-state index in [2.05, 4.69) is 10.4 Å². The molecular weight excluding hydrogens is 847 g/mol. The Bertz CT molecular complexity index is 2850. The van der Waals surface area contributed by atoms with Crippen LogP contribution in [0.15, 0.2) is 77.6 Å². The van der Waals surface area contributed by atoms with Gasteiger partial charge >= 0.3 is 12.3 Å². The first kappa shape index (κ1) is 43.3. The van der Waals surface area contributed by atoms with E-state index in [0.717, 1.165) is 27.3 Å². The first-order chi connectivity index (χ1) is 28.5. The van der Waals surface area contributed by atoms with Gasteiger partial charge in [-0.1, -0.05) is 29.8 Å². The Morgan fingerprint density at radius 3 is 2.21 bits per heavy atom. The number of fused-ring (bicyclic) bond motifs is 2. The van der Waals surface area contributed by atoms with Crippen molar-refractivity contribution in [2.24, 2.45) is 7.05 Å². The number of carbonyl (C=O) groups is 1. The van der Waals surface area contributed by atoms with E-state index in [1.165, 1.54) is 49.2 Å². The molecule has 19 heteroatoms. The third-order valence-electron chi connectivity index (χ3n) is 10.4. The molecule has 2 heterocycles. The van der Waals surface area contributed by atoms with Crippen LogP contribution in [0.5, 0.6) is 5.75 Å². The van der Waals surface area contributed by atoms with Gasteiger partial charge < -0.3 is 14.8 Å². The lowest BCUT2D eigenvalue weighted by Crippen LogP contribution is -2.39. The third kappa shape index (κ3) is 8.60. The highest BCUT2D eigenvalue weighted by Crippen LogP contribution is 2.59. The van der Waals surface area contributed by atoms with Gasteiger partial charge in [-0.25, -0.2) is 31.3 Å². The van der Waals surface area contributed by atoms with Crippen molar-refractivity contribution in [3.05, 3.63) is 122 Å². The summed E-state index contributed by atoms with van der Waals surface area (Å²) in [6, 6.07) is 14.4. The summed E-state index contributed by atoms with van der Waals surface area (Å²) in [5.41, 5.74) is -3.53. The number of hydrogen-bond acceptors (Lipinski definition) is 8. The van der Waals surface area contributed by atoms with Crippen LogP contribution in [0.1, 0.15) is 62.2 Å². The van der Waals surface area contributed by atoms with Gasteiger partial charge in [0.25, 0.3) is 5.56 Å². The van der Waals surface area contributed by atoms with Crippen LogP contribution in [-0.2, 0) is 40.2 Å². The Morgan fingerprint density at radius 2 is 1.64 bits per heavy atom. The predicted octanol–water partition coefficient (Wildman–Crippen LogP) is 8.58. The fourth-order valence-corrected chi connectivity index (χ4v) is 8.45. The molecule has 12 nitrogen and oxygen atoms in total. The van der Waals surface area contributed by atoms with Crippen LogP contribution in [0.25, 0.3) is 27.5 Å². The molecule has 0 bridgehead atoms. The standard InChI is InChI=1S/C42H40ClF5N6O6S/c1-40(2,3)60-39(56)50-32(19-24-17-26(44)21-27(45)18-24)36-49-31-20-25(41(15-16-41)42(46,47)48)9-12-29(31)38(55)54(36)33-14-13-30(43)34-35(33)52(4)51-37(34)53(61(6,57)58)22-23-7-10-28(59-5)11-8-23/h7-14,17-18,20-21,32H,15-16,19,22H2,1-6H3,(H,50,56)/t32-/m0/s1. The molecule has 6 aromatic rings. The third-order valence-corrected chi connectivity index (χ3v) is 11.8. The zero-order valence-electron chi connectivity index (χ0n) is 33.7. The number of halogens is 6. The minimum absolute atomic E-state index is 0.0207. The maximum absolute atomic E-state index is 15.0. The van der Waals surface area contributed by atoms with Crippen molar-refractivity contribution in [3.63, 3.8) is 0 Å². The van der Waals surface area contributed by atoms with Crippen molar-refractivity contribution in [1.29, 1.82) is 0 Å². The highest BCUT2D eigenvalue weighted by atomic mass is 35.5. The average molecular weight is 887 g/mol. The van der Waals surface area contributed by atoms with Crippen molar-refractivity contribution in [1.82, 2.24) is 24.6 Å². The van der Waals surface area contributed by atoms with E-state index in [9.17, 15) is 40.0 Å². The number of nitrogens with zero attached hydrogens (tertiary/aromatic N) is 5. The molecule has 0 spiro atoms. The second-order valence-corrected chi connectivity index (χ2v) is 18.3. The van der Waals surface area contributed by atoms with Crippen LogP contribution < -0.4 is 19.9 Å². The summed E-state index contributed by atoms with van der Waals surface area (Å²) in [4.78, 5) is 33.3. The number of methoxy groups -OCH3 is 1. The maximum Gasteiger partial charge on any atom is 0.408 e. The van der Waals surface area contributed by atoms with Gasteiger partial charge in [0, 0.05) is 19.5 Å².